The molecule has 6 nitrogen and oxygen atoms in total. The molecule has 1 aliphatic carbocycles. The van der Waals surface area contributed by atoms with Crippen molar-refractivity contribution in [1.82, 2.24) is 5.32 Å². The Bertz CT molecular complexity index is 855. The Balaban J connectivity index is 2.04. The predicted molar refractivity (Wildman–Crippen MR) is 113 cm³/mol. The van der Waals surface area contributed by atoms with Crippen molar-refractivity contribution >= 4 is 20.1 Å². The number of carbonyl (C=O) groups is 2. The number of methoxy groups -OCH3 is 2. The molecule has 1 saturated heterocycles. The quantitative estimate of drug-likeness (QED) is 0.579. The van der Waals surface area contributed by atoms with E-state index in [-0.39, 0.29) is 22.8 Å². The summed E-state index contributed by atoms with van der Waals surface area (Å²) in [6.07, 6.45) is 2.49. The average Bonchev–Trinajstić information content (AvgIpc) is 2.93. The molecule has 0 radical (unpaired) electrons. The number of benzene rings is 1. The molecule has 0 spiro atoms. The fourth-order valence-corrected chi connectivity index (χ4v) is 4.90. The van der Waals surface area contributed by atoms with Gasteiger partial charge in [0.15, 0.2) is 11.5 Å². The zero-order valence-corrected chi connectivity index (χ0v) is 19.3. The molecule has 0 unspecified atom stereocenters. The van der Waals surface area contributed by atoms with Crippen LogP contribution in [0, 0.1) is 11.8 Å². The number of imide groups is 1. The maximum absolute atomic E-state index is 12.6. The lowest BCUT2D eigenvalue weighted by atomic mass is 9.73. The second-order valence-corrected chi connectivity index (χ2v) is 14.1. The van der Waals surface area contributed by atoms with Gasteiger partial charge in [-0.3, -0.25) is 14.9 Å². The minimum Gasteiger partial charge on any atom is -0.547 e. The lowest BCUT2D eigenvalue weighted by molar-refractivity contribution is -0.126. The Morgan fingerprint density at radius 1 is 1.03 bits per heavy atom. The molecule has 3 rings (SSSR count). The van der Waals surface area contributed by atoms with Crippen LogP contribution in [-0.2, 0) is 14.0 Å². The maximum Gasteiger partial charge on any atom is 0.250 e. The highest BCUT2D eigenvalue weighted by molar-refractivity contribution is 6.74. The van der Waals surface area contributed by atoms with E-state index in [2.05, 4.69) is 39.2 Å². The van der Waals surface area contributed by atoms with Crippen molar-refractivity contribution in [3.8, 4) is 11.5 Å². The molecule has 1 aliphatic heterocycles. The minimum absolute atomic E-state index is 0.0390. The molecule has 0 bridgehead atoms. The second-order valence-electron chi connectivity index (χ2n) is 9.33. The number of carbonyl (C=O) groups excluding carboxylic acids is 2. The summed E-state index contributed by atoms with van der Waals surface area (Å²) in [5.41, 5.74) is 0.901. The van der Waals surface area contributed by atoms with Crippen LogP contribution < -0.4 is 14.8 Å². The molecule has 0 aromatic heterocycles. The number of hydrogen-bond donors (Lipinski definition) is 1. The van der Waals surface area contributed by atoms with Crippen LogP contribution in [-0.4, -0.2) is 34.4 Å². The first kappa shape index (κ1) is 21.4. The largest absolute Gasteiger partial charge is 0.547 e. The Morgan fingerprint density at radius 3 is 2.28 bits per heavy atom. The summed E-state index contributed by atoms with van der Waals surface area (Å²) in [4.78, 5) is 25.1. The standard InChI is InChI=1S/C22H31NO5Si/c1-22(2,3)29(6,7)28-14-11-15(19-16(12-14)20(24)23-21(19)25)13-8-9-17(26-4)18(10-13)27-5/h8-11,15-16,19H,12H2,1-7H3,(H,23,24,25)/t15-,16-,19+/m1/s1. The highest BCUT2D eigenvalue weighted by Crippen LogP contribution is 2.47. The molecule has 158 valence electrons. The molecule has 3 atom stereocenters. The van der Waals surface area contributed by atoms with Crippen LogP contribution in [0.1, 0.15) is 38.7 Å². The van der Waals surface area contributed by atoms with Gasteiger partial charge < -0.3 is 13.9 Å². The second kappa shape index (κ2) is 7.52. The van der Waals surface area contributed by atoms with E-state index in [1.807, 2.05) is 24.3 Å². The molecule has 1 fully saturated rings. The van der Waals surface area contributed by atoms with Crippen LogP contribution >= 0.6 is 0 Å². The van der Waals surface area contributed by atoms with Gasteiger partial charge in [-0.15, -0.1) is 0 Å². The molecule has 1 heterocycles. The van der Waals surface area contributed by atoms with Gasteiger partial charge in [0.1, 0.15) is 0 Å². The van der Waals surface area contributed by atoms with Crippen molar-refractivity contribution in [3.05, 3.63) is 35.6 Å². The van der Waals surface area contributed by atoms with Gasteiger partial charge in [0.25, 0.3) is 0 Å². The monoisotopic (exact) mass is 417 g/mol. The zero-order valence-electron chi connectivity index (χ0n) is 18.3. The van der Waals surface area contributed by atoms with Crippen molar-refractivity contribution in [2.75, 3.05) is 14.2 Å². The first-order valence-corrected chi connectivity index (χ1v) is 12.9. The Labute approximate surface area is 173 Å². The van der Waals surface area contributed by atoms with Gasteiger partial charge in [0.05, 0.1) is 31.8 Å². The number of hydrogen-bond acceptors (Lipinski definition) is 5. The van der Waals surface area contributed by atoms with E-state index in [1.165, 1.54) is 0 Å². The van der Waals surface area contributed by atoms with Crippen LogP contribution in [0.4, 0.5) is 0 Å². The van der Waals surface area contributed by atoms with Crippen LogP contribution in [0.5, 0.6) is 11.5 Å². The van der Waals surface area contributed by atoms with E-state index in [9.17, 15) is 9.59 Å². The normalized spacial score (nSPS) is 24.5. The number of allylic oxidation sites excluding steroid dienone is 2. The fraction of sp³-hybridized carbons (Fsp3) is 0.545. The topological polar surface area (TPSA) is 73.9 Å². The molecule has 2 amide bonds. The van der Waals surface area contributed by atoms with Gasteiger partial charge in [0, 0.05) is 12.3 Å². The van der Waals surface area contributed by atoms with Gasteiger partial charge in [-0.05, 0) is 41.9 Å². The van der Waals surface area contributed by atoms with Gasteiger partial charge in [0.2, 0.25) is 20.1 Å². The summed E-state index contributed by atoms with van der Waals surface area (Å²) in [7, 11) is 1.10. The highest BCUT2D eigenvalue weighted by Gasteiger charge is 2.50. The van der Waals surface area contributed by atoms with E-state index in [0.717, 1.165) is 11.3 Å². The SMILES string of the molecule is COc1ccc([C@H]2C=C(O[Si](C)(C)C(C)(C)C)C[C@H]3C(=O)NC(=O)[C@@H]23)cc1OC. The predicted octanol–water partition coefficient (Wildman–Crippen LogP) is 3.99. The third kappa shape index (κ3) is 3.92. The van der Waals surface area contributed by atoms with E-state index in [4.69, 9.17) is 13.9 Å². The number of amides is 2. The third-order valence-electron chi connectivity index (χ3n) is 6.48. The lowest BCUT2D eigenvalue weighted by Crippen LogP contribution is -2.41. The summed E-state index contributed by atoms with van der Waals surface area (Å²) >= 11 is 0. The van der Waals surface area contributed by atoms with Gasteiger partial charge in [-0.1, -0.05) is 26.8 Å². The molecule has 0 saturated carbocycles. The first-order valence-electron chi connectivity index (χ1n) is 9.95. The molecular weight excluding hydrogens is 386 g/mol. The number of nitrogens with one attached hydrogen (secondary N) is 1. The molecule has 1 aromatic rings. The molecule has 29 heavy (non-hydrogen) atoms. The van der Waals surface area contributed by atoms with Crippen LogP contribution in [0.2, 0.25) is 18.1 Å². The first-order chi connectivity index (χ1) is 13.5. The van der Waals surface area contributed by atoms with E-state index < -0.39 is 20.2 Å². The molecular formula is C22H31NO5Si. The molecule has 1 N–H and O–H groups in total. The highest BCUT2D eigenvalue weighted by atomic mass is 28.4. The van der Waals surface area contributed by atoms with E-state index in [1.54, 1.807) is 14.2 Å². The van der Waals surface area contributed by atoms with Gasteiger partial charge in [-0.2, -0.15) is 0 Å². The fourth-order valence-electron chi connectivity index (χ4n) is 3.79. The van der Waals surface area contributed by atoms with Crippen LogP contribution in [0.25, 0.3) is 0 Å². The third-order valence-corrected chi connectivity index (χ3v) is 10.9. The number of rotatable bonds is 5. The summed E-state index contributed by atoms with van der Waals surface area (Å²) in [6, 6.07) is 5.63. The van der Waals surface area contributed by atoms with Gasteiger partial charge >= 0.3 is 0 Å². The maximum atomic E-state index is 12.6. The van der Waals surface area contributed by atoms with E-state index >= 15 is 0 Å². The van der Waals surface area contributed by atoms with Crippen LogP contribution in [0.15, 0.2) is 30.0 Å². The van der Waals surface area contributed by atoms with Crippen molar-refractivity contribution in [3.63, 3.8) is 0 Å². The molecule has 7 heteroatoms. The zero-order chi connectivity index (χ0) is 21.6. The van der Waals surface area contributed by atoms with Crippen molar-refractivity contribution in [2.24, 2.45) is 11.8 Å². The minimum atomic E-state index is -2.07. The van der Waals surface area contributed by atoms with Gasteiger partial charge in [-0.25, -0.2) is 0 Å². The van der Waals surface area contributed by atoms with Crippen molar-refractivity contribution in [1.29, 1.82) is 0 Å². The summed E-state index contributed by atoms with van der Waals surface area (Å²) in [5.74, 6) is 0.478. The summed E-state index contributed by atoms with van der Waals surface area (Å²) in [5, 5.41) is 2.55. The van der Waals surface area contributed by atoms with Crippen molar-refractivity contribution < 1.29 is 23.5 Å². The van der Waals surface area contributed by atoms with Crippen molar-refractivity contribution in [2.45, 2.75) is 51.2 Å². The Kier molecular flexibility index (Phi) is 5.55. The summed E-state index contributed by atoms with van der Waals surface area (Å²) in [6.45, 7) is 10.9. The molecule has 2 aliphatic rings. The van der Waals surface area contributed by atoms with E-state index in [0.29, 0.717) is 17.9 Å². The Hall–Kier alpha value is -2.28. The number of fused-ring (bicyclic) bond motifs is 1. The van der Waals surface area contributed by atoms with Crippen LogP contribution in [0.3, 0.4) is 0 Å². The molecule has 1 aromatic carbocycles. The lowest BCUT2D eigenvalue weighted by Gasteiger charge is -2.40. The Morgan fingerprint density at radius 2 is 1.69 bits per heavy atom. The average molecular weight is 418 g/mol. The number of ether oxygens (including phenoxy) is 2. The summed E-state index contributed by atoms with van der Waals surface area (Å²) < 4.78 is 17.3. The smallest absolute Gasteiger partial charge is 0.250 e.